The fourth-order valence-corrected chi connectivity index (χ4v) is 4.21. The van der Waals surface area contributed by atoms with Crippen LogP contribution in [-0.2, 0) is 4.79 Å². The number of hydrogen-bond donors (Lipinski definition) is 0. The Labute approximate surface area is 119 Å². The average molecular weight is 287 g/mol. The van der Waals surface area contributed by atoms with Crippen LogP contribution < -0.4 is 0 Å². The lowest BCUT2D eigenvalue weighted by Gasteiger charge is -2.44. The molecule has 2 aromatic rings. The van der Waals surface area contributed by atoms with Crippen molar-refractivity contribution in [1.82, 2.24) is 4.67 Å². The molecule has 19 heavy (non-hydrogen) atoms. The van der Waals surface area contributed by atoms with Crippen LogP contribution in [0.25, 0.3) is 0 Å². The topological polar surface area (TPSA) is 20.3 Å². The van der Waals surface area contributed by atoms with E-state index < -0.39 is 0 Å². The summed E-state index contributed by atoms with van der Waals surface area (Å²) >= 11 is 1.64. The van der Waals surface area contributed by atoms with Crippen molar-refractivity contribution in [2.75, 3.05) is 0 Å². The Hall–Kier alpha value is -1.31. The van der Waals surface area contributed by atoms with Gasteiger partial charge in [-0.25, -0.2) is 0 Å². The molecule has 0 aliphatic carbocycles. The van der Waals surface area contributed by atoms with E-state index in [0.29, 0.717) is 0 Å². The van der Waals surface area contributed by atoms with Crippen molar-refractivity contribution in [2.24, 2.45) is 0 Å². The highest BCUT2D eigenvalue weighted by Gasteiger charge is 2.46. The molecule has 1 unspecified atom stereocenters. The number of benzene rings is 2. The number of carbonyl (C=O) groups is 1. The van der Waals surface area contributed by atoms with Crippen molar-refractivity contribution >= 4 is 27.1 Å². The van der Waals surface area contributed by atoms with Crippen molar-refractivity contribution in [3.05, 3.63) is 66.2 Å². The van der Waals surface area contributed by atoms with Crippen molar-refractivity contribution in [3.8, 4) is 0 Å². The maximum absolute atomic E-state index is 12.0. The molecule has 0 spiro atoms. The Balaban J connectivity index is 1.82. The first-order chi connectivity index (χ1) is 9.27. The van der Waals surface area contributed by atoms with E-state index in [-0.39, 0.29) is 17.2 Å². The first-order valence-corrected chi connectivity index (χ1v) is 7.51. The SMILES string of the molecule is O=C1[C@@H](Sc2ccccc2)[C@H](c2ccccc2)N1P. The van der Waals surface area contributed by atoms with Gasteiger partial charge in [-0.2, -0.15) is 0 Å². The number of nitrogens with zero attached hydrogens (tertiary/aromatic N) is 1. The summed E-state index contributed by atoms with van der Waals surface area (Å²) in [6.07, 6.45) is 0. The van der Waals surface area contributed by atoms with E-state index in [1.807, 2.05) is 48.5 Å². The third kappa shape index (κ3) is 2.41. The molecule has 96 valence electrons. The lowest BCUT2D eigenvalue weighted by Crippen LogP contribution is -2.51. The minimum atomic E-state index is -0.0256. The summed E-state index contributed by atoms with van der Waals surface area (Å²) in [6, 6.07) is 20.4. The molecular formula is C15H14NOPS. The zero-order chi connectivity index (χ0) is 13.2. The van der Waals surface area contributed by atoms with E-state index in [2.05, 4.69) is 21.5 Å². The second-order valence-electron chi connectivity index (χ2n) is 4.45. The molecule has 1 aliphatic heterocycles. The summed E-state index contributed by atoms with van der Waals surface area (Å²) < 4.78 is 1.75. The van der Waals surface area contributed by atoms with Crippen LogP contribution in [0.1, 0.15) is 11.6 Å². The van der Waals surface area contributed by atoms with Crippen LogP contribution in [0.3, 0.4) is 0 Å². The molecule has 1 aliphatic rings. The fraction of sp³-hybridized carbons (Fsp3) is 0.133. The van der Waals surface area contributed by atoms with Crippen molar-refractivity contribution in [3.63, 3.8) is 0 Å². The Morgan fingerprint density at radius 3 is 2.16 bits per heavy atom. The van der Waals surface area contributed by atoms with Crippen LogP contribution in [-0.4, -0.2) is 15.8 Å². The normalized spacial score (nSPS) is 22.2. The summed E-state index contributed by atoms with van der Waals surface area (Å²) in [5.41, 5.74) is 1.19. The minimum Gasteiger partial charge on any atom is -0.317 e. The van der Waals surface area contributed by atoms with Crippen molar-refractivity contribution in [2.45, 2.75) is 16.2 Å². The van der Waals surface area contributed by atoms with Crippen LogP contribution >= 0.6 is 21.2 Å². The lowest BCUT2D eigenvalue weighted by atomic mass is 9.96. The van der Waals surface area contributed by atoms with Gasteiger partial charge in [0.15, 0.2) is 0 Å². The van der Waals surface area contributed by atoms with E-state index in [1.54, 1.807) is 16.4 Å². The zero-order valence-corrected chi connectivity index (χ0v) is 12.2. The number of thioether (sulfide) groups is 1. The molecule has 3 rings (SSSR count). The zero-order valence-electron chi connectivity index (χ0n) is 10.3. The molecule has 2 nitrogen and oxygen atoms in total. The molecule has 4 heteroatoms. The van der Waals surface area contributed by atoms with E-state index in [0.717, 1.165) is 4.90 Å². The smallest absolute Gasteiger partial charge is 0.241 e. The number of carbonyl (C=O) groups excluding carboxylic acids is 1. The van der Waals surface area contributed by atoms with Gasteiger partial charge in [-0.05, 0) is 27.1 Å². The molecule has 2 aromatic carbocycles. The summed E-state index contributed by atoms with van der Waals surface area (Å²) in [7, 11) is 2.53. The standard InChI is InChI=1S/C15H14NOPS/c17-15-14(19-12-9-5-2-6-10-12)13(16(15)18)11-7-3-1-4-8-11/h1-10,13-14H,18H2/t13-,14-/m0/s1. The highest BCUT2D eigenvalue weighted by Crippen LogP contribution is 2.46. The van der Waals surface area contributed by atoms with Crippen LogP contribution in [0.5, 0.6) is 0 Å². The molecule has 0 radical (unpaired) electrons. The molecule has 1 heterocycles. The maximum atomic E-state index is 12.0. The number of amides is 1. The van der Waals surface area contributed by atoms with Crippen LogP contribution in [0.2, 0.25) is 0 Å². The quantitative estimate of drug-likeness (QED) is 0.636. The van der Waals surface area contributed by atoms with Gasteiger partial charge in [-0.15, -0.1) is 11.8 Å². The Morgan fingerprint density at radius 2 is 1.53 bits per heavy atom. The second-order valence-corrected chi connectivity index (χ2v) is 6.22. The van der Waals surface area contributed by atoms with Gasteiger partial charge in [0.2, 0.25) is 5.91 Å². The van der Waals surface area contributed by atoms with E-state index in [9.17, 15) is 4.79 Å². The molecule has 0 bridgehead atoms. The van der Waals surface area contributed by atoms with Gasteiger partial charge in [0.25, 0.3) is 0 Å². The number of hydrogen-bond acceptors (Lipinski definition) is 2. The largest absolute Gasteiger partial charge is 0.317 e. The first kappa shape index (κ1) is 12.7. The average Bonchev–Trinajstić information content (AvgIpc) is 2.48. The van der Waals surface area contributed by atoms with Crippen LogP contribution in [0.15, 0.2) is 65.6 Å². The molecule has 1 saturated heterocycles. The lowest BCUT2D eigenvalue weighted by molar-refractivity contribution is -0.136. The van der Waals surface area contributed by atoms with E-state index in [4.69, 9.17) is 0 Å². The maximum Gasteiger partial charge on any atom is 0.241 e. The molecule has 0 aromatic heterocycles. The molecule has 0 saturated carbocycles. The number of rotatable bonds is 3. The van der Waals surface area contributed by atoms with Gasteiger partial charge in [0.05, 0.1) is 6.04 Å². The van der Waals surface area contributed by atoms with Gasteiger partial charge in [-0.1, -0.05) is 48.5 Å². The summed E-state index contributed by atoms with van der Waals surface area (Å²) in [5, 5.41) is -0.0256. The predicted octanol–water partition coefficient (Wildman–Crippen LogP) is 3.52. The molecule has 1 amide bonds. The molecular weight excluding hydrogens is 273 g/mol. The minimum absolute atomic E-state index is 0.0256. The summed E-state index contributed by atoms with van der Waals surface area (Å²) in [5.74, 6) is 0.174. The molecule has 0 N–H and O–H groups in total. The third-order valence-corrected chi connectivity index (χ3v) is 5.07. The highest BCUT2D eigenvalue weighted by atomic mass is 32.2. The number of β-lactam (4-membered cyclic amide) rings is 1. The van der Waals surface area contributed by atoms with E-state index >= 15 is 0 Å². The fourth-order valence-electron chi connectivity index (χ4n) is 2.23. The Morgan fingerprint density at radius 1 is 0.947 bits per heavy atom. The Bertz CT molecular complexity index is 575. The predicted molar refractivity (Wildman–Crippen MR) is 81.8 cm³/mol. The van der Waals surface area contributed by atoms with Gasteiger partial charge in [0, 0.05) is 4.90 Å². The van der Waals surface area contributed by atoms with E-state index in [1.165, 1.54) is 5.56 Å². The first-order valence-electron chi connectivity index (χ1n) is 6.12. The summed E-state index contributed by atoms with van der Waals surface area (Å²) in [4.78, 5) is 13.2. The summed E-state index contributed by atoms with van der Waals surface area (Å²) in [6.45, 7) is 0. The van der Waals surface area contributed by atoms with Gasteiger partial charge < -0.3 is 4.67 Å². The van der Waals surface area contributed by atoms with Gasteiger partial charge in [0.1, 0.15) is 5.25 Å². The Kier molecular flexibility index (Phi) is 3.58. The van der Waals surface area contributed by atoms with Crippen LogP contribution in [0.4, 0.5) is 0 Å². The highest BCUT2D eigenvalue weighted by molar-refractivity contribution is 8.00. The van der Waals surface area contributed by atoms with Gasteiger partial charge in [-0.3, -0.25) is 4.79 Å². The van der Waals surface area contributed by atoms with Crippen molar-refractivity contribution < 1.29 is 4.79 Å². The second kappa shape index (κ2) is 5.36. The van der Waals surface area contributed by atoms with Crippen molar-refractivity contribution in [1.29, 1.82) is 0 Å². The van der Waals surface area contributed by atoms with Gasteiger partial charge >= 0.3 is 0 Å². The van der Waals surface area contributed by atoms with Crippen LogP contribution in [0, 0.1) is 0 Å². The third-order valence-electron chi connectivity index (χ3n) is 3.23. The molecule has 1 fully saturated rings. The molecule has 3 atom stereocenters. The monoisotopic (exact) mass is 287 g/mol.